The topological polar surface area (TPSA) is 25.8 Å². The second kappa shape index (κ2) is 8.74. The highest BCUT2D eigenvalue weighted by Gasteiger charge is 2.14. The smallest absolute Gasteiger partial charge is 0.112 e. The van der Waals surface area contributed by atoms with Crippen LogP contribution in [0.15, 0.2) is 72.8 Å². The van der Waals surface area contributed by atoms with Crippen LogP contribution in [0.3, 0.4) is 0 Å². The third-order valence-electron chi connectivity index (χ3n) is 5.06. The first-order valence-corrected chi connectivity index (χ1v) is 12.6. The number of benzene rings is 3. The van der Waals surface area contributed by atoms with Crippen molar-refractivity contribution in [3.8, 4) is 22.5 Å². The molecule has 0 saturated carbocycles. The number of nitrogens with zero attached hydrogens (tertiary/aromatic N) is 2. The van der Waals surface area contributed by atoms with E-state index in [1.54, 1.807) is 0 Å². The van der Waals surface area contributed by atoms with Crippen LogP contribution in [0.25, 0.3) is 22.5 Å². The molecular formula is C24H20N2S3. The minimum atomic E-state index is 0.990. The first-order chi connectivity index (χ1) is 14.4. The van der Waals surface area contributed by atoms with Gasteiger partial charge < -0.3 is 0 Å². The molecule has 2 heterocycles. The van der Waals surface area contributed by atoms with Crippen LogP contribution in [0.2, 0.25) is 0 Å². The van der Waals surface area contributed by atoms with E-state index in [0.717, 1.165) is 45.5 Å². The quantitative estimate of drug-likeness (QED) is 0.297. The number of hydrogen-bond donors (Lipinski definition) is 0. The lowest BCUT2D eigenvalue weighted by Gasteiger charge is -2.11. The van der Waals surface area contributed by atoms with E-state index in [2.05, 4.69) is 81.5 Å². The average Bonchev–Trinajstić information content (AvgIpc) is 3.25. The van der Waals surface area contributed by atoms with Gasteiger partial charge in [-0.1, -0.05) is 60.7 Å². The van der Waals surface area contributed by atoms with Crippen LogP contribution in [-0.2, 0) is 23.0 Å². The zero-order valence-corrected chi connectivity index (χ0v) is 18.3. The summed E-state index contributed by atoms with van der Waals surface area (Å²) in [5, 5.41) is 0. The Hall–Kier alpha value is -2.08. The van der Waals surface area contributed by atoms with Crippen molar-refractivity contribution in [1.29, 1.82) is 0 Å². The van der Waals surface area contributed by atoms with E-state index < -0.39 is 0 Å². The van der Waals surface area contributed by atoms with E-state index in [9.17, 15) is 0 Å². The maximum atomic E-state index is 4.64. The molecule has 0 N–H and O–H groups in total. The Morgan fingerprint density at radius 3 is 1.59 bits per heavy atom. The lowest BCUT2D eigenvalue weighted by atomic mass is 10.0. The van der Waals surface area contributed by atoms with Gasteiger partial charge in [0.1, 0.15) is 11.4 Å². The molecular weight excluding hydrogens is 412 g/mol. The molecule has 0 fully saturated rings. The summed E-state index contributed by atoms with van der Waals surface area (Å²) in [5.74, 6) is 4.08. The minimum Gasteiger partial charge on any atom is -0.172 e. The monoisotopic (exact) mass is 432 g/mol. The number of rotatable bonds is 0. The third-order valence-corrected chi connectivity index (χ3v) is 7.69. The summed E-state index contributed by atoms with van der Waals surface area (Å²) >= 11 is 5.25. The largest absolute Gasteiger partial charge is 0.172 e. The normalized spacial score (nSPS) is 14.1. The molecule has 0 unspecified atom stereocenters. The van der Waals surface area contributed by atoms with Crippen molar-refractivity contribution in [1.82, 2.24) is 8.75 Å². The number of fused-ring (bicyclic) bond motifs is 8. The fraction of sp³-hybridized carbons (Fsp3) is 0.167. The van der Waals surface area contributed by atoms with E-state index in [0.29, 0.717) is 0 Å². The second-order valence-corrected chi connectivity index (χ2v) is 9.62. The zero-order chi connectivity index (χ0) is 19.5. The van der Waals surface area contributed by atoms with Gasteiger partial charge in [-0.2, -0.15) is 32.3 Å². The van der Waals surface area contributed by atoms with Crippen molar-refractivity contribution in [2.24, 2.45) is 0 Å². The lowest BCUT2D eigenvalue weighted by molar-refractivity contribution is 1.26. The maximum absolute atomic E-state index is 4.64. The molecule has 0 aliphatic carbocycles. The highest BCUT2D eigenvalue weighted by atomic mass is 32.2. The number of aromatic nitrogens is 2. The fourth-order valence-electron chi connectivity index (χ4n) is 3.58. The van der Waals surface area contributed by atoms with Crippen molar-refractivity contribution in [3.05, 3.63) is 95.1 Å². The van der Waals surface area contributed by atoms with E-state index in [1.165, 1.54) is 34.0 Å². The Morgan fingerprint density at radius 2 is 1.07 bits per heavy atom. The number of hydrogen-bond acceptors (Lipinski definition) is 5. The third kappa shape index (κ3) is 4.27. The van der Waals surface area contributed by atoms with Gasteiger partial charge in [0.05, 0.1) is 11.7 Å². The van der Waals surface area contributed by atoms with Crippen molar-refractivity contribution in [2.45, 2.75) is 23.0 Å². The van der Waals surface area contributed by atoms with Crippen molar-refractivity contribution in [3.63, 3.8) is 0 Å². The highest BCUT2D eigenvalue weighted by Crippen LogP contribution is 2.33. The molecule has 144 valence electrons. The van der Waals surface area contributed by atoms with Gasteiger partial charge in [0.25, 0.3) is 0 Å². The molecule has 3 aromatic carbocycles. The molecule has 0 spiro atoms. The van der Waals surface area contributed by atoms with Crippen LogP contribution in [0.5, 0.6) is 0 Å². The molecule has 1 aromatic heterocycles. The predicted molar refractivity (Wildman–Crippen MR) is 127 cm³/mol. The maximum Gasteiger partial charge on any atom is 0.112 e. The molecule has 4 aromatic rings. The molecule has 0 saturated heterocycles. The van der Waals surface area contributed by atoms with Gasteiger partial charge in [-0.25, -0.2) is 0 Å². The van der Waals surface area contributed by atoms with Crippen LogP contribution in [0.1, 0.15) is 22.3 Å². The summed E-state index contributed by atoms with van der Waals surface area (Å²) in [6.45, 7) is 0. The Morgan fingerprint density at radius 1 is 0.552 bits per heavy atom. The fourth-order valence-corrected chi connectivity index (χ4v) is 6.21. The summed E-state index contributed by atoms with van der Waals surface area (Å²) in [4.78, 5) is 0. The summed E-state index contributed by atoms with van der Waals surface area (Å²) in [7, 11) is 0. The Balaban J connectivity index is 1.56. The molecule has 0 radical (unpaired) electrons. The van der Waals surface area contributed by atoms with Crippen LogP contribution >= 0.6 is 35.3 Å². The first kappa shape index (κ1) is 18.9. The highest BCUT2D eigenvalue weighted by molar-refractivity contribution is 7.98. The summed E-state index contributed by atoms with van der Waals surface area (Å²) in [6, 6.07) is 26.4. The van der Waals surface area contributed by atoms with Crippen LogP contribution in [0, 0.1) is 0 Å². The van der Waals surface area contributed by atoms with Crippen LogP contribution < -0.4 is 0 Å². The number of thioether (sulfide) groups is 2. The molecule has 1 aliphatic heterocycles. The second-order valence-electron chi connectivity index (χ2n) is 7.12. The Kier molecular flexibility index (Phi) is 5.70. The molecule has 29 heavy (non-hydrogen) atoms. The van der Waals surface area contributed by atoms with Gasteiger partial charge in [0.2, 0.25) is 0 Å². The zero-order valence-electron chi connectivity index (χ0n) is 15.9. The van der Waals surface area contributed by atoms with Gasteiger partial charge in [-0.15, -0.1) is 0 Å². The summed E-state index contributed by atoms with van der Waals surface area (Å²) in [6.07, 6.45) is 0. The molecule has 0 amide bonds. The van der Waals surface area contributed by atoms with Gasteiger partial charge in [-0.05, 0) is 34.4 Å². The molecule has 0 atom stereocenters. The van der Waals surface area contributed by atoms with Crippen LogP contribution in [0.4, 0.5) is 0 Å². The van der Waals surface area contributed by atoms with Crippen molar-refractivity contribution in [2.75, 3.05) is 0 Å². The molecule has 5 heteroatoms. The van der Waals surface area contributed by atoms with Gasteiger partial charge in [0.15, 0.2) is 0 Å². The predicted octanol–water partition coefficient (Wildman–Crippen LogP) is 7.05. The van der Waals surface area contributed by atoms with Gasteiger partial charge in [-0.3, -0.25) is 0 Å². The average molecular weight is 433 g/mol. The standard InChI is InChI=1S/C24H20N2S3/c1-2-8-22-16-28-14-18-6-4-10-20(12-18)24-23(25-29-26-24)19-9-3-5-17(11-19)13-27-15-21(22)7-1/h1-12H,13-16H2. The first-order valence-electron chi connectivity index (χ1n) is 9.60. The lowest BCUT2D eigenvalue weighted by Crippen LogP contribution is -1.93. The molecule has 5 rings (SSSR count). The summed E-state index contributed by atoms with van der Waals surface area (Å²) in [5.41, 5.74) is 9.85. The van der Waals surface area contributed by atoms with Gasteiger partial charge in [0, 0.05) is 34.1 Å². The van der Waals surface area contributed by atoms with Crippen LogP contribution in [-0.4, -0.2) is 8.75 Å². The van der Waals surface area contributed by atoms with E-state index in [-0.39, 0.29) is 0 Å². The van der Waals surface area contributed by atoms with Gasteiger partial charge >= 0.3 is 0 Å². The van der Waals surface area contributed by atoms with Crippen molar-refractivity contribution < 1.29 is 0 Å². The molecule has 1 aliphatic rings. The van der Waals surface area contributed by atoms with E-state index in [4.69, 9.17) is 0 Å². The molecule has 2 nitrogen and oxygen atoms in total. The van der Waals surface area contributed by atoms with Crippen molar-refractivity contribution >= 4 is 35.3 Å². The van der Waals surface area contributed by atoms with E-state index >= 15 is 0 Å². The van der Waals surface area contributed by atoms with E-state index in [1.807, 2.05) is 23.5 Å². The Bertz CT molecular complexity index is 1050. The summed E-state index contributed by atoms with van der Waals surface area (Å²) < 4.78 is 9.27. The Labute approximate surface area is 184 Å². The molecule has 4 bridgehead atoms. The minimum absolute atomic E-state index is 0.990. The SMILES string of the molecule is c1cc2cc(c1)-c1nsnc1-c1cccc(c1)CSCc1ccccc1CSC2.